The Balaban J connectivity index is 2.05. The molecule has 0 unspecified atom stereocenters. The van der Waals surface area contributed by atoms with Crippen LogP contribution in [0.3, 0.4) is 0 Å². The van der Waals surface area contributed by atoms with E-state index >= 15 is 0 Å². The molecule has 2 rings (SSSR count). The summed E-state index contributed by atoms with van der Waals surface area (Å²) in [6.07, 6.45) is 6.06. The zero-order valence-electron chi connectivity index (χ0n) is 14.6. The molecular formula is C18H28BN3O. The number of hydrogen-bond donors (Lipinski definition) is 2. The van der Waals surface area contributed by atoms with Crippen molar-refractivity contribution < 1.29 is 4.65 Å². The highest BCUT2D eigenvalue weighted by Crippen LogP contribution is 2.32. The Bertz CT molecular complexity index is 586. The van der Waals surface area contributed by atoms with E-state index in [1.165, 1.54) is 29.1 Å². The quantitative estimate of drug-likeness (QED) is 0.601. The molecule has 0 saturated carbocycles. The maximum atomic E-state index is 7.37. The molecule has 124 valence electrons. The number of nitrogens with zero attached hydrogens (tertiary/aromatic N) is 1. The van der Waals surface area contributed by atoms with Crippen molar-refractivity contribution in [3.05, 3.63) is 40.6 Å². The van der Waals surface area contributed by atoms with Crippen LogP contribution in [0.15, 0.2) is 23.9 Å². The van der Waals surface area contributed by atoms with Gasteiger partial charge in [0.05, 0.1) is 0 Å². The standard InChI is InChI=1S/C18H28BN3O/c1-4-22(13-15(11-20)12-21)10-8-16-5-6-17-7-9-19(3)23-18(17)14(16)2/h5-6,11-12,20H,4,7-10,13,21H2,1-3H3/b15-12+,20-11?. The van der Waals surface area contributed by atoms with Crippen LogP contribution >= 0.6 is 0 Å². The van der Waals surface area contributed by atoms with E-state index in [0.29, 0.717) is 6.92 Å². The molecule has 1 aromatic carbocycles. The van der Waals surface area contributed by atoms with Gasteiger partial charge in [0.2, 0.25) is 0 Å². The number of benzene rings is 1. The van der Waals surface area contributed by atoms with Crippen molar-refractivity contribution in [2.45, 2.75) is 39.8 Å². The van der Waals surface area contributed by atoms with Gasteiger partial charge < -0.3 is 15.8 Å². The Morgan fingerprint density at radius 2 is 2.26 bits per heavy atom. The number of hydrogen-bond acceptors (Lipinski definition) is 4. The minimum Gasteiger partial charge on any atom is -0.561 e. The minimum atomic E-state index is 0.313. The first-order valence-corrected chi connectivity index (χ1v) is 8.50. The van der Waals surface area contributed by atoms with Crippen LogP contribution in [0.25, 0.3) is 0 Å². The lowest BCUT2D eigenvalue weighted by molar-refractivity contribution is 0.319. The normalized spacial score (nSPS) is 14.6. The minimum absolute atomic E-state index is 0.313. The second-order valence-electron chi connectivity index (χ2n) is 6.31. The highest BCUT2D eigenvalue weighted by atomic mass is 16.4. The molecule has 23 heavy (non-hydrogen) atoms. The molecule has 0 saturated heterocycles. The van der Waals surface area contributed by atoms with Crippen molar-refractivity contribution in [1.29, 1.82) is 5.41 Å². The molecule has 1 aliphatic heterocycles. The summed E-state index contributed by atoms with van der Waals surface area (Å²) in [4.78, 5) is 2.31. The van der Waals surface area contributed by atoms with Gasteiger partial charge in [-0.3, -0.25) is 4.90 Å². The van der Waals surface area contributed by atoms with E-state index in [1.807, 2.05) is 0 Å². The fourth-order valence-corrected chi connectivity index (χ4v) is 3.07. The zero-order valence-corrected chi connectivity index (χ0v) is 14.6. The molecule has 1 aromatic rings. The fraction of sp³-hybridized carbons (Fsp3) is 0.500. The molecule has 0 spiro atoms. The highest BCUT2D eigenvalue weighted by molar-refractivity contribution is 6.51. The molecule has 3 N–H and O–H groups in total. The molecule has 1 heterocycles. The van der Waals surface area contributed by atoms with Crippen LogP contribution in [0.4, 0.5) is 0 Å². The van der Waals surface area contributed by atoms with Crippen LogP contribution in [0.5, 0.6) is 5.75 Å². The lowest BCUT2D eigenvalue weighted by atomic mass is 9.64. The van der Waals surface area contributed by atoms with Crippen molar-refractivity contribution >= 4 is 13.1 Å². The van der Waals surface area contributed by atoms with Gasteiger partial charge in [0.15, 0.2) is 0 Å². The fourth-order valence-electron chi connectivity index (χ4n) is 3.07. The summed E-state index contributed by atoms with van der Waals surface area (Å²) in [5.41, 5.74) is 10.4. The Labute approximate surface area is 140 Å². The lowest BCUT2D eigenvalue weighted by Gasteiger charge is -2.26. The molecule has 0 fully saturated rings. The van der Waals surface area contributed by atoms with Crippen molar-refractivity contribution in [1.82, 2.24) is 4.90 Å². The third-order valence-electron chi connectivity index (χ3n) is 4.69. The van der Waals surface area contributed by atoms with Crippen molar-refractivity contribution in [3.8, 4) is 5.75 Å². The van der Waals surface area contributed by atoms with E-state index in [1.54, 1.807) is 0 Å². The van der Waals surface area contributed by atoms with Gasteiger partial charge in [0, 0.05) is 19.3 Å². The van der Waals surface area contributed by atoms with E-state index in [-0.39, 0.29) is 0 Å². The molecule has 0 aliphatic carbocycles. The molecule has 0 atom stereocenters. The van der Waals surface area contributed by atoms with Gasteiger partial charge in [0.25, 0.3) is 0 Å². The SMILES string of the molecule is CCN(CCc1ccc2c(c1C)OB(C)CC2)C/C(C=N)=C/N. The number of nitrogens with one attached hydrogen (secondary N) is 1. The number of fused-ring (bicyclic) bond motifs is 1. The molecular weight excluding hydrogens is 285 g/mol. The summed E-state index contributed by atoms with van der Waals surface area (Å²) in [7, 11) is 0. The second-order valence-corrected chi connectivity index (χ2v) is 6.31. The van der Waals surface area contributed by atoms with Crippen molar-refractivity contribution in [3.63, 3.8) is 0 Å². The molecule has 0 radical (unpaired) electrons. The third kappa shape index (κ3) is 4.38. The molecule has 0 amide bonds. The predicted octanol–water partition coefficient (Wildman–Crippen LogP) is 2.91. The Morgan fingerprint density at radius 1 is 1.48 bits per heavy atom. The first kappa shape index (κ1) is 17.6. The largest absolute Gasteiger partial charge is 0.561 e. The van der Waals surface area contributed by atoms with Gasteiger partial charge in [-0.25, -0.2) is 0 Å². The molecule has 0 aromatic heterocycles. The number of nitrogens with two attached hydrogens (primary N) is 1. The van der Waals surface area contributed by atoms with E-state index in [0.717, 1.165) is 50.1 Å². The van der Waals surface area contributed by atoms with E-state index in [9.17, 15) is 0 Å². The average molecular weight is 313 g/mol. The summed E-state index contributed by atoms with van der Waals surface area (Å²) in [6.45, 7) is 9.40. The average Bonchev–Trinajstić information content (AvgIpc) is 2.57. The van der Waals surface area contributed by atoms with Gasteiger partial charge in [0.1, 0.15) is 5.75 Å². The van der Waals surface area contributed by atoms with E-state index in [4.69, 9.17) is 15.8 Å². The predicted molar refractivity (Wildman–Crippen MR) is 98.8 cm³/mol. The van der Waals surface area contributed by atoms with Gasteiger partial charge >= 0.3 is 6.92 Å². The van der Waals surface area contributed by atoms with Crippen LogP contribution in [0.2, 0.25) is 13.1 Å². The first-order chi connectivity index (χ1) is 11.1. The Kier molecular flexibility index (Phi) is 6.28. The van der Waals surface area contributed by atoms with Crippen LogP contribution < -0.4 is 10.4 Å². The number of rotatable bonds is 7. The topological polar surface area (TPSA) is 62.3 Å². The monoisotopic (exact) mass is 313 g/mol. The lowest BCUT2D eigenvalue weighted by Crippen LogP contribution is -2.29. The molecule has 1 aliphatic rings. The molecule has 0 bridgehead atoms. The first-order valence-electron chi connectivity index (χ1n) is 8.50. The van der Waals surface area contributed by atoms with Crippen LogP contribution in [0, 0.1) is 12.3 Å². The summed E-state index contributed by atoms with van der Waals surface area (Å²) >= 11 is 0. The van der Waals surface area contributed by atoms with Gasteiger partial charge in [-0.15, -0.1) is 0 Å². The summed E-state index contributed by atoms with van der Waals surface area (Å²) in [5.74, 6) is 1.10. The van der Waals surface area contributed by atoms with Crippen LogP contribution in [-0.4, -0.2) is 37.7 Å². The van der Waals surface area contributed by atoms with Crippen molar-refractivity contribution in [2.24, 2.45) is 5.73 Å². The van der Waals surface area contributed by atoms with Gasteiger partial charge in [-0.1, -0.05) is 19.1 Å². The summed E-state index contributed by atoms with van der Waals surface area (Å²) in [5, 5.41) is 7.37. The Morgan fingerprint density at radius 3 is 2.91 bits per heavy atom. The number of likely N-dealkylation sites (N-methyl/N-ethyl adjacent to an activating group) is 1. The second kappa shape index (κ2) is 8.20. The summed E-state index contributed by atoms with van der Waals surface area (Å²) in [6, 6.07) is 4.47. The zero-order chi connectivity index (χ0) is 16.8. The van der Waals surface area contributed by atoms with E-state index in [2.05, 4.69) is 37.7 Å². The highest BCUT2D eigenvalue weighted by Gasteiger charge is 2.22. The molecule has 4 nitrogen and oxygen atoms in total. The smallest absolute Gasteiger partial charge is 0.354 e. The Hall–Kier alpha value is -1.75. The molecule has 5 heteroatoms. The maximum Gasteiger partial charge on any atom is 0.354 e. The van der Waals surface area contributed by atoms with Crippen LogP contribution in [-0.2, 0) is 12.8 Å². The third-order valence-corrected chi connectivity index (χ3v) is 4.69. The van der Waals surface area contributed by atoms with E-state index < -0.39 is 0 Å². The van der Waals surface area contributed by atoms with Gasteiger partial charge in [-0.05, 0) is 67.9 Å². The maximum absolute atomic E-state index is 7.37. The van der Waals surface area contributed by atoms with Gasteiger partial charge in [-0.2, -0.15) is 0 Å². The van der Waals surface area contributed by atoms with Crippen molar-refractivity contribution in [2.75, 3.05) is 19.6 Å². The van der Waals surface area contributed by atoms with Crippen LogP contribution in [0.1, 0.15) is 23.6 Å². The number of aryl methyl sites for hydroxylation is 1. The summed E-state index contributed by atoms with van der Waals surface area (Å²) < 4.78 is 6.07.